The van der Waals surface area contributed by atoms with Crippen LogP contribution in [-0.4, -0.2) is 21.6 Å². The first-order valence-corrected chi connectivity index (χ1v) is 8.80. The maximum Gasteiger partial charge on any atom is 0.254 e. The van der Waals surface area contributed by atoms with E-state index in [4.69, 9.17) is 11.6 Å². The Morgan fingerprint density at radius 3 is 2.67 bits per heavy atom. The van der Waals surface area contributed by atoms with E-state index in [2.05, 4.69) is 15.7 Å². The Hall–Kier alpha value is -3.12. The summed E-state index contributed by atoms with van der Waals surface area (Å²) in [5.41, 5.74) is 2.70. The summed E-state index contributed by atoms with van der Waals surface area (Å²) in [6, 6.07) is 14.4. The van der Waals surface area contributed by atoms with E-state index in [0.29, 0.717) is 22.0 Å². The number of hydrogen-bond donors (Lipinski definition) is 2. The molecule has 3 rings (SSSR count). The summed E-state index contributed by atoms with van der Waals surface area (Å²) in [6.07, 6.45) is 3.14. The lowest BCUT2D eigenvalue weighted by atomic mass is 10.1. The predicted molar refractivity (Wildman–Crippen MR) is 105 cm³/mol. The van der Waals surface area contributed by atoms with Crippen LogP contribution in [0.2, 0.25) is 5.02 Å². The summed E-state index contributed by atoms with van der Waals surface area (Å²) in [7, 11) is 0. The van der Waals surface area contributed by atoms with Gasteiger partial charge >= 0.3 is 0 Å². The number of carbonyl (C=O) groups is 2. The molecular weight excluding hydrogens is 364 g/mol. The van der Waals surface area contributed by atoms with Crippen molar-refractivity contribution in [3.05, 3.63) is 77.1 Å². The molecule has 0 radical (unpaired) electrons. The maximum absolute atomic E-state index is 12.6. The Labute approximate surface area is 162 Å². The number of anilines is 1. The number of halogens is 1. The fraction of sp³-hybridized carbons (Fsp3) is 0.150. The van der Waals surface area contributed by atoms with Crippen molar-refractivity contribution in [2.75, 3.05) is 5.32 Å². The zero-order valence-electron chi connectivity index (χ0n) is 14.9. The average Bonchev–Trinajstić information content (AvgIpc) is 3.12. The molecule has 1 atom stereocenters. The molecule has 0 saturated carbocycles. The first-order valence-electron chi connectivity index (χ1n) is 8.42. The Bertz CT molecular complexity index is 983. The zero-order chi connectivity index (χ0) is 19.4. The van der Waals surface area contributed by atoms with Crippen molar-refractivity contribution in [3.63, 3.8) is 0 Å². The first kappa shape index (κ1) is 18.7. The van der Waals surface area contributed by atoms with Crippen molar-refractivity contribution >= 4 is 29.1 Å². The van der Waals surface area contributed by atoms with Crippen LogP contribution in [0.25, 0.3) is 5.69 Å². The van der Waals surface area contributed by atoms with Gasteiger partial charge in [-0.15, -0.1) is 0 Å². The van der Waals surface area contributed by atoms with Gasteiger partial charge in [-0.3, -0.25) is 9.59 Å². The summed E-state index contributed by atoms with van der Waals surface area (Å²) in [6.45, 7) is 3.33. The van der Waals surface area contributed by atoms with Gasteiger partial charge in [0, 0.05) is 18.8 Å². The van der Waals surface area contributed by atoms with Gasteiger partial charge in [-0.2, -0.15) is 5.10 Å². The summed E-state index contributed by atoms with van der Waals surface area (Å²) < 4.78 is 1.57. The molecule has 138 valence electrons. The van der Waals surface area contributed by atoms with Gasteiger partial charge in [-0.05, 0) is 36.8 Å². The molecule has 2 aromatic carbocycles. The fourth-order valence-corrected chi connectivity index (χ4v) is 2.88. The van der Waals surface area contributed by atoms with E-state index >= 15 is 0 Å². The number of amides is 2. The van der Waals surface area contributed by atoms with E-state index < -0.39 is 0 Å². The predicted octanol–water partition coefficient (Wildman–Crippen LogP) is 3.98. The molecule has 0 fully saturated rings. The zero-order valence-corrected chi connectivity index (χ0v) is 15.7. The largest absolute Gasteiger partial charge is 0.345 e. The second kappa shape index (κ2) is 8.05. The van der Waals surface area contributed by atoms with Gasteiger partial charge < -0.3 is 10.6 Å². The number of nitrogens with one attached hydrogen (secondary N) is 2. The highest BCUT2D eigenvalue weighted by atomic mass is 35.5. The molecule has 0 aliphatic rings. The van der Waals surface area contributed by atoms with Gasteiger partial charge in [-0.1, -0.05) is 35.9 Å². The molecule has 0 aliphatic heterocycles. The Balaban J connectivity index is 1.72. The number of benzene rings is 2. The molecule has 1 aromatic heterocycles. The van der Waals surface area contributed by atoms with Crippen LogP contribution in [0.3, 0.4) is 0 Å². The molecule has 2 N–H and O–H groups in total. The number of aromatic nitrogens is 2. The lowest BCUT2D eigenvalue weighted by Gasteiger charge is -2.15. The second-order valence-corrected chi connectivity index (χ2v) is 6.53. The number of hydrogen-bond acceptors (Lipinski definition) is 3. The standard InChI is InChI=1S/C20H19ClN4O2/c1-13(15-6-5-7-17(10-15)24-14(2)26)23-20(27)16-11-22-25(12-16)19-9-4-3-8-18(19)21/h3-13H,1-2H3,(H,23,27)(H,24,26). The van der Waals surface area contributed by atoms with E-state index in [1.807, 2.05) is 43.3 Å². The summed E-state index contributed by atoms with van der Waals surface area (Å²) in [5.74, 6) is -0.387. The third-order valence-corrected chi connectivity index (χ3v) is 4.32. The van der Waals surface area contributed by atoms with Crippen LogP contribution in [0.5, 0.6) is 0 Å². The lowest BCUT2D eigenvalue weighted by molar-refractivity contribution is -0.114. The highest BCUT2D eigenvalue weighted by molar-refractivity contribution is 6.32. The number of rotatable bonds is 5. The van der Waals surface area contributed by atoms with E-state index in [9.17, 15) is 9.59 Å². The third kappa shape index (κ3) is 4.54. The van der Waals surface area contributed by atoms with E-state index in [-0.39, 0.29) is 17.9 Å². The van der Waals surface area contributed by atoms with Gasteiger partial charge in [-0.25, -0.2) is 4.68 Å². The van der Waals surface area contributed by atoms with Crippen molar-refractivity contribution in [2.45, 2.75) is 19.9 Å². The maximum atomic E-state index is 12.6. The second-order valence-electron chi connectivity index (χ2n) is 6.13. The van der Waals surface area contributed by atoms with Crippen molar-refractivity contribution < 1.29 is 9.59 Å². The molecule has 0 spiro atoms. The molecule has 6 nitrogen and oxygen atoms in total. The summed E-state index contributed by atoms with van der Waals surface area (Å²) in [4.78, 5) is 23.8. The summed E-state index contributed by atoms with van der Waals surface area (Å²) >= 11 is 6.17. The molecule has 0 bridgehead atoms. The van der Waals surface area contributed by atoms with Gasteiger partial charge in [0.05, 0.1) is 28.5 Å². The molecule has 27 heavy (non-hydrogen) atoms. The fourth-order valence-electron chi connectivity index (χ4n) is 2.66. The molecule has 2 amide bonds. The lowest BCUT2D eigenvalue weighted by Crippen LogP contribution is -2.26. The molecular formula is C20H19ClN4O2. The monoisotopic (exact) mass is 382 g/mol. The number of nitrogens with zero attached hydrogens (tertiary/aromatic N) is 2. The van der Waals surface area contributed by atoms with Gasteiger partial charge in [0.2, 0.25) is 5.91 Å². The summed E-state index contributed by atoms with van der Waals surface area (Å²) in [5, 5.41) is 10.4. The molecule has 0 saturated heterocycles. The minimum absolute atomic E-state index is 0.143. The van der Waals surface area contributed by atoms with E-state index in [0.717, 1.165) is 5.56 Å². The van der Waals surface area contributed by atoms with Crippen LogP contribution in [0, 0.1) is 0 Å². The van der Waals surface area contributed by atoms with Crippen LogP contribution in [0.1, 0.15) is 35.8 Å². The number of para-hydroxylation sites is 1. The van der Waals surface area contributed by atoms with E-state index in [1.165, 1.54) is 13.1 Å². The van der Waals surface area contributed by atoms with Crippen LogP contribution in [-0.2, 0) is 4.79 Å². The first-order chi connectivity index (χ1) is 12.9. The Morgan fingerprint density at radius 1 is 1.15 bits per heavy atom. The average molecular weight is 383 g/mol. The molecule has 7 heteroatoms. The van der Waals surface area contributed by atoms with Gasteiger partial charge in [0.15, 0.2) is 0 Å². The minimum Gasteiger partial charge on any atom is -0.345 e. The number of carbonyl (C=O) groups excluding carboxylic acids is 2. The van der Waals surface area contributed by atoms with Crippen molar-refractivity contribution in [2.24, 2.45) is 0 Å². The Morgan fingerprint density at radius 2 is 1.93 bits per heavy atom. The molecule has 1 heterocycles. The van der Waals surface area contributed by atoms with Crippen molar-refractivity contribution in [1.82, 2.24) is 15.1 Å². The van der Waals surface area contributed by atoms with E-state index in [1.54, 1.807) is 23.0 Å². The molecule has 1 unspecified atom stereocenters. The van der Waals surface area contributed by atoms with Crippen molar-refractivity contribution in [1.29, 1.82) is 0 Å². The van der Waals surface area contributed by atoms with Crippen LogP contribution < -0.4 is 10.6 Å². The topological polar surface area (TPSA) is 76.0 Å². The molecule has 3 aromatic rings. The molecule has 0 aliphatic carbocycles. The van der Waals surface area contributed by atoms with Crippen LogP contribution in [0.4, 0.5) is 5.69 Å². The highest BCUT2D eigenvalue weighted by Gasteiger charge is 2.15. The van der Waals surface area contributed by atoms with Crippen molar-refractivity contribution in [3.8, 4) is 5.69 Å². The third-order valence-electron chi connectivity index (χ3n) is 4.00. The minimum atomic E-state index is -0.245. The SMILES string of the molecule is CC(=O)Nc1cccc(C(C)NC(=O)c2cnn(-c3ccccc3Cl)c2)c1. The van der Waals surface area contributed by atoms with Crippen LogP contribution in [0.15, 0.2) is 60.9 Å². The van der Waals surface area contributed by atoms with Crippen LogP contribution >= 0.6 is 11.6 Å². The quantitative estimate of drug-likeness (QED) is 0.700. The normalized spacial score (nSPS) is 11.7. The highest BCUT2D eigenvalue weighted by Crippen LogP contribution is 2.20. The Kier molecular flexibility index (Phi) is 5.57. The van der Waals surface area contributed by atoms with Gasteiger partial charge in [0.25, 0.3) is 5.91 Å². The smallest absolute Gasteiger partial charge is 0.254 e. The van der Waals surface area contributed by atoms with Gasteiger partial charge in [0.1, 0.15) is 0 Å².